The summed E-state index contributed by atoms with van der Waals surface area (Å²) in [5.74, 6) is -1.05. The first kappa shape index (κ1) is 17.3. The molecule has 6 heteroatoms. The molecule has 0 unspecified atom stereocenters. The maximum Gasteiger partial charge on any atom is 0.335 e. The molecule has 0 radical (unpaired) electrons. The Labute approximate surface area is 149 Å². The molecule has 0 atom stereocenters. The van der Waals surface area contributed by atoms with Crippen LogP contribution < -0.4 is 21.0 Å². The number of nitrogens with zero attached hydrogens (tertiary/aromatic N) is 2. The van der Waals surface area contributed by atoms with Gasteiger partial charge in [-0.15, -0.1) is 0 Å². The Morgan fingerprint density at radius 1 is 1.19 bits per heavy atom. The molecule has 0 aliphatic carbocycles. The highest BCUT2D eigenvalue weighted by Crippen LogP contribution is 2.12. The molecule has 3 rings (SSSR count). The van der Waals surface area contributed by atoms with Gasteiger partial charge in [0.05, 0.1) is 21.8 Å². The summed E-state index contributed by atoms with van der Waals surface area (Å²) in [6, 6.07) is 14.0. The van der Waals surface area contributed by atoms with Crippen LogP contribution >= 0.6 is 0 Å². The zero-order chi connectivity index (χ0) is 18.8. The number of benzene rings is 2. The van der Waals surface area contributed by atoms with Gasteiger partial charge >= 0.3 is 5.97 Å². The van der Waals surface area contributed by atoms with Crippen LogP contribution in [0.2, 0.25) is 0 Å². The number of hydrogen-bond donors (Lipinski definition) is 2. The maximum atomic E-state index is 12.8. The Kier molecular flexibility index (Phi) is 4.49. The Morgan fingerprint density at radius 3 is 2.50 bits per heavy atom. The number of H-pyrrole nitrogens is 1. The van der Waals surface area contributed by atoms with Crippen LogP contribution in [0.1, 0.15) is 15.9 Å². The molecule has 0 spiro atoms. The van der Waals surface area contributed by atoms with Gasteiger partial charge < -0.3 is 10.0 Å². The molecule has 0 bridgehead atoms. The van der Waals surface area contributed by atoms with Crippen molar-refractivity contribution >= 4 is 24.3 Å². The Bertz CT molecular complexity index is 1120. The number of hydrogen-bond acceptors (Lipinski definition) is 3. The summed E-state index contributed by atoms with van der Waals surface area (Å²) in [6.45, 7) is 3.89. The maximum absolute atomic E-state index is 12.8. The normalized spacial score (nSPS) is 11.5. The molecule has 0 saturated carbocycles. The first-order chi connectivity index (χ1) is 12.4. The molecule has 0 amide bonds. The summed E-state index contributed by atoms with van der Waals surface area (Å²) >= 11 is 0. The zero-order valence-electron chi connectivity index (χ0n) is 14.6. The lowest BCUT2D eigenvalue weighted by atomic mass is 10.1. The smallest absolute Gasteiger partial charge is 0.335 e. The minimum Gasteiger partial charge on any atom is -0.478 e. The van der Waals surface area contributed by atoms with Gasteiger partial charge in [0.25, 0.3) is 5.56 Å². The van der Waals surface area contributed by atoms with E-state index >= 15 is 0 Å². The molecule has 2 N–H and O–H groups in total. The highest BCUT2D eigenvalue weighted by Gasteiger charge is 2.08. The molecule has 6 nitrogen and oxygen atoms in total. The van der Waals surface area contributed by atoms with Crippen molar-refractivity contribution in [3.05, 3.63) is 80.6 Å². The standard InChI is InChI=1S/C20H19N3O3/c1-13-18(11-14-7-9-16(10-8-14)22(2)3)19(24)23(21-13)17-6-4-5-15(12-17)20(25)26/h4-12,21H,1H2,2-3H3,(H,25,26)/b18-11+. The van der Waals surface area contributed by atoms with Gasteiger partial charge in [0, 0.05) is 19.8 Å². The fourth-order valence-corrected chi connectivity index (χ4v) is 2.64. The molecule has 132 valence electrons. The molecule has 0 fully saturated rings. The van der Waals surface area contributed by atoms with Gasteiger partial charge in [0.2, 0.25) is 0 Å². The topological polar surface area (TPSA) is 78.3 Å². The first-order valence-corrected chi connectivity index (χ1v) is 7.99. The second-order valence-electron chi connectivity index (χ2n) is 6.13. The van der Waals surface area contributed by atoms with Gasteiger partial charge in [-0.05, 0) is 42.0 Å². The van der Waals surface area contributed by atoms with E-state index in [0.29, 0.717) is 16.3 Å². The quantitative estimate of drug-likeness (QED) is 0.741. The Morgan fingerprint density at radius 2 is 1.88 bits per heavy atom. The van der Waals surface area contributed by atoms with Crippen LogP contribution in [0.3, 0.4) is 0 Å². The largest absolute Gasteiger partial charge is 0.478 e. The number of aromatic carboxylic acids is 1. The minimum atomic E-state index is -1.05. The predicted molar refractivity (Wildman–Crippen MR) is 102 cm³/mol. The second kappa shape index (κ2) is 6.76. The van der Waals surface area contributed by atoms with Crippen molar-refractivity contribution in [2.75, 3.05) is 19.0 Å². The van der Waals surface area contributed by atoms with Crippen LogP contribution in [0.5, 0.6) is 0 Å². The van der Waals surface area contributed by atoms with Crippen LogP contribution in [-0.4, -0.2) is 35.0 Å². The number of carboxylic acids is 1. The lowest BCUT2D eigenvalue weighted by Gasteiger charge is -2.11. The SMILES string of the molecule is C=c1[nH]n(-c2cccc(C(=O)O)c2)c(=O)/c1=C/c1ccc(N(C)C)cc1. The molecule has 26 heavy (non-hydrogen) atoms. The van der Waals surface area contributed by atoms with Gasteiger partial charge in [-0.25, -0.2) is 9.48 Å². The van der Waals surface area contributed by atoms with E-state index in [9.17, 15) is 9.59 Å². The monoisotopic (exact) mass is 349 g/mol. The number of carbonyl (C=O) groups is 1. The van der Waals surface area contributed by atoms with E-state index in [-0.39, 0.29) is 11.1 Å². The third kappa shape index (κ3) is 3.30. The summed E-state index contributed by atoms with van der Waals surface area (Å²) < 4.78 is 1.30. The molecule has 0 saturated heterocycles. The van der Waals surface area contributed by atoms with Crippen LogP contribution in [0.4, 0.5) is 5.69 Å². The van der Waals surface area contributed by atoms with Crippen molar-refractivity contribution in [1.29, 1.82) is 0 Å². The van der Waals surface area contributed by atoms with Gasteiger partial charge in [-0.1, -0.05) is 24.8 Å². The molecular weight excluding hydrogens is 330 g/mol. The Hall–Kier alpha value is -3.54. The number of rotatable bonds is 4. The molecule has 3 aromatic rings. The van der Waals surface area contributed by atoms with Crippen LogP contribution in [0, 0.1) is 0 Å². The fourth-order valence-electron chi connectivity index (χ4n) is 2.64. The van der Waals surface area contributed by atoms with Crippen molar-refractivity contribution in [2.24, 2.45) is 0 Å². The molecule has 0 aliphatic rings. The molecule has 1 heterocycles. The lowest BCUT2D eigenvalue weighted by Crippen LogP contribution is -2.34. The second-order valence-corrected chi connectivity index (χ2v) is 6.13. The first-order valence-electron chi connectivity index (χ1n) is 7.99. The zero-order valence-corrected chi connectivity index (χ0v) is 14.6. The molecule has 0 aliphatic heterocycles. The Balaban J connectivity index is 2.09. The van der Waals surface area contributed by atoms with E-state index in [1.165, 1.54) is 16.8 Å². The molecular formula is C20H19N3O3. The van der Waals surface area contributed by atoms with E-state index in [1.54, 1.807) is 18.2 Å². The van der Waals surface area contributed by atoms with Crippen LogP contribution in [0.15, 0.2) is 53.3 Å². The van der Waals surface area contributed by atoms with Gasteiger partial charge in [0.1, 0.15) is 0 Å². The average molecular weight is 349 g/mol. The van der Waals surface area contributed by atoms with Gasteiger partial charge in [-0.3, -0.25) is 9.89 Å². The summed E-state index contributed by atoms with van der Waals surface area (Å²) in [6.07, 6.45) is 1.76. The summed E-state index contributed by atoms with van der Waals surface area (Å²) in [4.78, 5) is 25.9. The molecule has 1 aromatic heterocycles. The van der Waals surface area contributed by atoms with Crippen molar-refractivity contribution in [1.82, 2.24) is 9.78 Å². The number of aromatic amines is 1. The van der Waals surface area contributed by atoms with Crippen molar-refractivity contribution in [3.63, 3.8) is 0 Å². The van der Waals surface area contributed by atoms with E-state index in [1.807, 2.05) is 43.3 Å². The molecule has 2 aromatic carbocycles. The fraction of sp³-hybridized carbons (Fsp3) is 0.100. The number of carboxylic acid groups (broad SMARTS) is 1. The van der Waals surface area contributed by atoms with Crippen molar-refractivity contribution in [2.45, 2.75) is 0 Å². The highest BCUT2D eigenvalue weighted by molar-refractivity contribution is 5.88. The minimum absolute atomic E-state index is 0.111. The van der Waals surface area contributed by atoms with Gasteiger partial charge in [0.15, 0.2) is 0 Å². The third-order valence-electron chi connectivity index (χ3n) is 4.08. The predicted octanol–water partition coefficient (Wildman–Crippen LogP) is 1.17. The van der Waals surface area contributed by atoms with E-state index in [2.05, 4.69) is 11.7 Å². The summed E-state index contributed by atoms with van der Waals surface area (Å²) in [7, 11) is 3.92. The van der Waals surface area contributed by atoms with Crippen LogP contribution in [0.25, 0.3) is 18.3 Å². The number of nitrogens with one attached hydrogen (secondary N) is 1. The third-order valence-corrected chi connectivity index (χ3v) is 4.08. The highest BCUT2D eigenvalue weighted by atomic mass is 16.4. The van der Waals surface area contributed by atoms with Crippen molar-refractivity contribution < 1.29 is 9.90 Å². The average Bonchev–Trinajstić information content (AvgIpc) is 2.90. The van der Waals surface area contributed by atoms with E-state index in [0.717, 1.165) is 11.3 Å². The number of aromatic nitrogens is 2. The lowest BCUT2D eigenvalue weighted by molar-refractivity contribution is 0.0697. The van der Waals surface area contributed by atoms with Gasteiger partial charge in [-0.2, -0.15) is 0 Å². The summed E-state index contributed by atoms with van der Waals surface area (Å²) in [5.41, 5.74) is 2.22. The van der Waals surface area contributed by atoms with Crippen molar-refractivity contribution in [3.8, 4) is 5.69 Å². The van der Waals surface area contributed by atoms with E-state index < -0.39 is 5.97 Å². The number of anilines is 1. The summed E-state index contributed by atoms with van der Waals surface area (Å²) in [5, 5.41) is 12.9. The van der Waals surface area contributed by atoms with E-state index in [4.69, 9.17) is 5.11 Å². The van der Waals surface area contributed by atoms with Crippen LogP contribution in [-0.2, 0) is 0 Å².